The lowest BCUT2D eigenvalue weighted by atomic mass is 9.72. The SMILES string of the molecule is COCCCC[C@@](O)(c1cccc(F)c1-c1ccccc1)C1CCCNC1. The molecule has 27 heavy (non-hydrogen) atoms. The van der Waals surface area contributed by atoms with Crippen LogP contribution in [0.2, 0.25) is 0 Å². The Morgan fingerprint density at radius 1 is 1.15 bits per heavy atom. The van der Waals surface area contributed by atoms with Gasteiger partial charge in [0.15, 0.2) is 0 Å². The van der Waals surface area contributed by atoms with Crippen molar-refractivity contribution in [2.75, 3.05) is 26.8 Å². The van der Waals surface area contributed by atoms with Crippen LogP contribution in [0.5, 0.6) is 0 Å². The average Bonchev–Trinajstić information content (AvgIpc) is 2.72. The zero-order valence-electron chi connectivity index (χ0n) is 16.1. The van der Waals surface area contributed by atoms with Crippen molar-refractivity contribution in [1.82, 2.24) is 5.32 Å². The smallest absolute Gasteiger partial charge is 0.131 e. The Bertz CT molecular complexity index is 716. The maximum absolute atomic E-state index is 14.9. The van der Waals surface area contributed by atoms with Crippen molar-refractivity contribution in [3.05, 3.63) is 59.9 Å². The molecule has 3 nitrogen and oxygen atoms in total. The summed E-state index contributed by atoms with van der Waals surface area (Å²) in [5, 5.41) is 15.3. The summed E-state index contributed by atoms with van der Waals surface area (Å²) in [5.41, 5.74) is 0.983. The molecular formula is C23H30FNO2. The summed E-state index contributed by atoms with van der Waals surface area (Å²) < 4.78 is 20.1. The van der Waals surface area contributed by atoms with Gasteiger partial charge in [0.25, 0.3) is 0 Å². The molecule has 2 aromatic rings. The maximum atomic E-state index is 14.9. The summed E-state index contributed by atoms with van der Waals surface area (Å²) in [6.45, 7) is 2.41. The highest BCUT2D eigenvalue weighted by molar-refractivity contribution is 5.69. The number of aliphatic hydroxyl groups is 1. The van der Waals surface area contributed by atoms with Gasteiger partial charge in [-0.25, -0.2) is 4.39 Å². The molecule has 1 fully saturated rings. The van der Waals surface area contributed by atoms with Crippen LogP contribution in [0, 0.1) is 11.7 Å². The van der Waals surface area contributed by atoms with Crippen molar-refractivity contribution in [3.63, 3.8) is 0 Å². The van der Waals surface area contributed by atoms with E-state index in [1.54, 1.807) is 13.2 Å². The fourth-order valence-electron chi connectivity index (χ4n) is 4.24. The van der Waals surface area contributed by atoms with Crippen molar-refractivity contribution < 1.29 is 14.2 Å². The van der Waals surface area contributed by atoms with Crippen molar-refractivity contribution in [2.45, 2.75) is 37.7 Å². The Kier molecular flexibility index (Phi) is 7.00. The highest BCUT2D eigenvalue weighted by Crippen LogP contribution is 2.43. The molecule has 2 aromatic carbocycles. The van der Waals surface area contributed by atoms with E-state index in [9.17, 15) is 9.50 Å². The lowest BCUT2D eigenvalue weighted by Gasteiger charge is -2.40. The van der Waals surface area contributed by atoms with Gasteiger partial charge < -0.3 is 15.2 Å². The molecule has 1 saturated heterocycles. The van der Waals surface area contributed by atoms with Crippen LogP contribution in [0.15, 0.2) is 48.5 Å². The number of unbranched alkanes of at least 4 members (excludes halogenated alkanes) is 1. The predicted octanol–water partition coefficient (Wildman–Crippen LogP) is 4.50. The molecule has 1 unspecified atom stereocenters. The summed E-state index contributed by atoms with van der Waals surface area (Å²) in [4.78, 5) is 0. The molecule has 0 spiro atoms. The van der Waals surface area contributed by atoms with Gasteiger partial charge >= 0.3 is 0 Å². The van der Waals surface area contributed by atoms with E-state index in [2.05, 4.69) is 5.32 Å². The Morgan fingerprint density at radius 2 is 1.96 bits per heavy atom. The number of methoxy groups -OCH3 is 1. The van der Waals surface area contributed by atoms with Crippen molar-refractivity contribution >= 4 is 0 Å². The Hall–Kier alpha value is -1.75. The number of rotatable bonds is 8. The number of nitrogens with one attached hydrogen (secondary N) is 1. The first kappa shape index (κ1) is 20.0. The molecule has 0 bridgehead atoms. The molecular weight excluding hydrogens is 341 g/mol. The van der Waals surface area contributed by atoms with E-state index in [4.69, 9.17) is 4.74 Å². The van der Waals surface area contributed by atoms with Crippen molar-refractivity contribution in [2.24, 2.45) is 5.92 Å². The predicted molar refractivity (Wildman–Crippen MR) is 107 cm³/mol. The number of hydrogen-bond acceptors (Lipinski definition) is 3. The largest absolute Gasteiger partial charge is 0.385 e. The molecule has 0 aliphatic carbocycles. The number of ether oxygens (including phenoxy) is 1. The second-order valence-electron chi connectivity index (χ2n) is 7.45. The molecule has 4 heteroatoms. The van der Waals surface area contributed by atoms with Gasteiger partial charge in [-0.15, -0.1) is 0 Å². The van der Waals surface area contributed by atoms with Crippen LogP contribution in [-0.2, 0) is 10.3 Å². The number of halogens is 1. The van der Waals surface area contributed by atoms with Gasteiger partial charge in [0.05, 0.1) is 5.60 Å². The zero-order chi connectivity index (χ0) is 19.1. The third-order valence-electron chi connectivity index (χ3n) is 5.67. The topological polar surface area (TPSA) is 41.5 Å². The van der Waals surface area contributed by atoms with E-state index in [0.29, 0.717) is 24.2 Å². The molecule has 0 aromatic heterocycles. The highest BCUT2D eigenvalue weighted by Gasteiger charge is 2.40. The van der Waals surface area contributed by atoms with Gasteiger partial charge in [0, 0.05) is 31.7 Å². The standard InChI is InChI=1S/C23H30FNO2/c1-27-16-6-5-14-23(26,19-11-8-15-25-17-19)20-12-7-13-21(24)22(20)18-9-3-2-4-10-18/h2-4,7,9-10,12-13,19,25-26H,5-6,8,11,14-17H2,1H3/t19?,23-/m0/s1. The molecule has 1 aliphatic rings. The van der Waals surface area contributed by atoms with Gasteiger partial charge in [-0.3, -0.25) is 0 Å². The van der Waals surface area contributed by atoms with Crippen molar-refractivity contribution in [3.8, 4) is 11.1 Å². The molecule has 3 rings (SSSR count). The summed E-state index contributed by atoms with van der Waals surface area (Å²) in [6.07, 6.45) is 4.30. The van der Waals surface area contributed by atoms with Crippen LogP contribution >= 0.6 is 0 Å². The van der Waals surface area contributed by atoms with Crippen LogP contribution < -0.4 is 5.32 Å². The quantitative estimate of drug-likeness (QED) is 0.672. The lowest BCUT2D eigenvalue weighted by molar-refractivity contribution is -0.0431. The first-order valence-electron chi connectivity index (χ1n) is 9.93. The number of benzene rings is 2. The molecule has 146 valence electrons. The molecule has 0 saturated carbocycles. The van der Waals surface area contributed by atoms with Crippen molar-refractivity contribution in [1.29, 1.82) is 0 Å². The normalized spacial score (nSPS) is 19.6. The third kappa shape index (κ3) is 4.57. The van der Waals surface area contributed by atoms with E-state index in [1.807, 2.05) is 36.4 Å². The van der Waals surface area contributed by atoms with Crippen LogP contribution in [0.25, 0.3) is 11.1 Å². The summed E-state index contributed by atoms with van der Waals surface area (Å²) >= 11 is 0. The van der Waals surface area contributed by atoms with Crippen LogP contribution in [0.3, 0.4) is 0 Å². The van der Waals surface area contributed by atoms with Gasteiger partial charge in [0.2, 0.25) is 0 Å². The fraction of sp³-hybridized carbons (Fsp3) is 0.478. The number of hydrogen-bond donors (Lipinski definition) is 2. The Morgan fingerprint density at radius 3 is 2.67 bits per heavy atom. The highest BCUT2D eigenvalue weighted by atomic mass is 19.1. The maximum Gasteiger partial charge on any atom is 0.131 e. The molecule has 2 atom stereocenters. The minimum Gasteiger partial charge on any atom is -0.385 e. The first-order valence-corrected chi connectivity index (χ1v) is 9.93. The minimum atomic E-state index is -1.06. The van der Waals surface area contributed by atoms with Crippen LogP contribution in [0.4, 0.5) is 4.39 Å². The van der Waals surface area contributed by atoms with E-state index in [-0.39, 0.29) is 11.7 Å². The average molecular weight is 371 g/mol. The van der Waals surface area contributed by atoms with E-state index in [1.165, 1.54) is 6.07 Å². The summed E-state index contributed by atoms with van der Waals surface area (Å²) in [5.74, 6) is -0.212. The third-order valence-corrected chi connectivity index (χ3v) is 5.67. The molecule has 0 amide bonds. The lowest BCUT2D eigenvalue weighted by Crippen LogP contribution is -2.44. The van der Waals surface area contributed by atoms with Crippen LogP contribution in [0.1, 0.15) is 37.7 Å². The second kappa shape index (κ2) is 9.45. The molecule has 1 heterocycles. The zero-order valence-corrected chi connectivity index (χ0v) is 16.1. The minimum absolute atomic E-state index is 0.0676. The molecule has 1 aliphatic heterocycles. The van der Waals surface area contributed by atoms with Gasteiger partial charge in [-0.2, -0.15) is 0 Å². The van der Waals surface area contributed by atoms with Gasteiger partial charge in [-0.1, -0.05) is 42.5 Å². The molecule has 2 N–H and O–H groups in total. The summed E-state index contributed by atoms with van der Waals surface area (Å²) in [7, 11) is 1.69. The number of piperidine rings is 1. The first-order chi connectivity index (χ1) is 13.2. The Labute approximate surface area is 161 Å². The van der Waals surface area contributed by atoms with E-state index >= 15 is 0 Å². The molecule has 0 radical (unpaired) electrons. The van der Waals surface area contributed by atoms with Crippen LogP contribution in [-0.4, -0.2) is 31.9 Å². The second-order valence-corrected chi connectivity index (χ2v) is 7.45. The fourth-order valence-corrected chi connectivity index (χ4v) is 4.24. The van der Waals surface area contributed by atoms with Gasteiger partial charge in [-0.05, 0) is 55.8 Å². The van der Waals surface area contributed by atoms with Gasteiger partial charge in [0.1, 0.15) is 5.82 Å². The summed E-state index contributed by atoms with van der Waals surface area (Å²) in [6, 6.07) is 14.7. The monoisotopic (exact) mass is 371 g/mol. The Balaban J connectivity index is 2.02. The van der Waals surface area contributed by atoms with E-state index < -0.39 is 5.60 Å². The van der Waals surface area contributed by atoms with E-state index in [0.717, 1.165) is 44.3 Å².